The van der Waals surface area contributed by atoms with Gasteiger partial charge in [0.25, 0.3) is 0 Å². The van der Waals surface area contributed by atoms with E-state index in [1.165, 1.54) is 72.0 Å². The van der Waals surface area contributed by atoms with E-state index in [-0.39, 0.29) is 0 Å². The summed E-state index contributed by atoms with van der Waals surface area (Å²) in [5, 5.41) is 2.57. The number of para-hydroxylation sites is 1. The lowest BCUT2D eigenvalue weighted by Gasteiger charge is -2.11. The molecule has 8 rings (SSSR count). The maximum atomic E-state index is 3.77. The second kappa shape index (κ2) is 11.3. The second-order valence-corrected chi connectivity index (χ2v) is 12.4. The Balaban J connectivity index is 1.27. The zero-order valence-electron chi connectivity index (χ0n) is 24.3. The molecule has 1 heterocycles. The van der Waals surface area contributed by atoms with Gasteiger partial charge in [-0.3, -0.25) is 0 Å². The summed E-state index contributed by atoms with van der Waals surface area (Å²) < 4.78 is 3.49. The fourth-order valence-corrected chi connectivity index (χ4v) is 7.02. The van der Waals surface area contributed by atoms with Crippen LogP contribution in [0.3, 0.4) is 0 Å². The molecule has 0 amide bonds. The van der Waals surface area contributed by atoms with E-state index < -0.39 is 0 Å². The summed E-state index contributed by atoms with van der Waals surface area (Å²) in [4.78, 5) is 0. The molecule has 0 bridgehead atoms. The van der Waals surface area contributed by atoms with Gasteiger partial charge in [0, 0.05) is 20.9 Å². The average molecular weight is 629 g/mol. The Bertz CT molecular complexity index is 2220. The average Bonchev–Trinajstić information content (AvgIpc) is 3.42. The summed E-state index contributed by atoms with van der Waals surface area (Å²) in [5.74, 6) is 0. The normalized spacial score (nSPS) is 13.0. The molecule has 0 N–H and O–H groups in total. The highest BCUT2D eigenvalue weighted by atomic mass is 79.9. The third-order valence-electron chi connectivity index (χ3n) is 8.70. The van der Waals surface area contributed by atoms with Crippen LogP contribution in [0.15, 0.2) is 162 Å². The molecule has 7 aromatic rings. The minimum absolute atomic E-state index is 1.08. The van der Waals surface area contributed by atoms with Crippen LogP contribution in [0.5, 0.6) is 0 Å². The predicted molar refractivity (Wildman–Crippen MR) is 191 cm³/mol. The summed E-state index contributed by atoms with van der Waals surface area (Å²) in [5.41, 5.74) is 13.6. The second-order valence-electron chi connectivity index (χ2n) is 11.5. The third-order valence-corrected chi connectivity index (χ3v) is 9.16. The van der Waals surface area contributed by atoms with Gasteiger partial charge in [0.2, 0.25) is 0 Å². The van der Waals surface area contributed by atoms with E-state index in [2.05, 4.69) is 178 Å². The summed E-state index contributed by atoms with van der Waals surface area (Å²) in [6.07, 6.45) is 8.89. The highest BCUT2D eigenvalue weighted by Crippen LogP contribution is 2.38. The van der Waals surface area contributed by atoms with Gasteiger partial charge in [-0.2, -0.15) is 0 Å². The fraction of sp³-hybridized carbons (Fsp3) is 0.0476. The van der Waals surface area contributed by atoms with Crippen molar-refractivity contribution in [2.24, 2.45) is 0 Å². The number of aromatic nitrogens is 1. The van der Waals surface area contributed by atoms with Crippen LogP contribution in [0.2, 0.25) is 0 Å². The van der Waals surface area contributed by atoms with Gasteiger partial charge in [-0.05, 0) is 112 Å². The maximum absolute atomic E-state index is 3.77. The lowest BCUT2D eigenvalue weighted by atomic mass is 9.95. The van der Waals surface area contributed by atoms with Crippen LogP contribution in [0, 0.1) is 0 Å². The van der Waals surface area contributed by atoms with Crippen molar-refractivity contribution in [3.05, 3.63) is 168 Å². The number of nitrogens with zero attached hydrogens (tertiary/aromatic N) is 1. The van der Waals surface area contributed by atoms with Crippen molar-refractivity contribution in [2.75, 3.05) is 0 Å². The van der Waals surface area contributed by atoms with Crippen LogP contribution in [0.1, 0.15) is 18.4 Å². The molecule has 1 aliphatic carbocycles. The van der Waals surface area contributed by atoms with E-state index in [0.29, 0.717) is 0 Å². The number of rotatable bonds is 5. The van der Waals surface area contributed by atoms with Crippen molar-refractivity contribution in [3.8, 4) is 39.1 Å². The van der Waals surface area contributed by atoms with Crippen LogP contribution in [0.4, 0.5) is 0 Å². The largest absolute Gasteiger partial charge is 0.309 e. The summed E-state index contributed by atoms with van der Waals surface area (Å²) in [6.45, 7) is 0. The Morgan fingerprint density at radius 3 is 1.91 bits per heavy atom. The van der Waals surface area contributed by atoms with Crippen molar-refractivity contribution in [3.63, 3.8) is 0 Å². The summed E-state index contributed by atoms with van der Waals surface area (Å²) in [7, 11) is 0. The first-order chi connectivity index (χ1) is 21.7. The molecule has 1 nitrogen and oxygen atoms in total. The molecule has 0 atom stereocenters. The van der Waals surface area contributed by atoms with E-state index in [1.807, 2.05) is 0 Å². The Labute approximate surface area is 266 Å². The monoisotopic (exact) mass is 627 g/mol. The van der Waals surface area contributed by atoms with E-state index >= 15 is 0 Å². The molecule has 0 unspecified atom stereocenters. The minimum atomic E-state index is 1.08. The highest BCUT2D eigenvalue weighted by Gasteiger charge is 2.16. The fourth-order valence-electron chi connectivity index (χ4n) is 6.53. The van der Waals surface area contributed by atoms with Gasteiger partial charge in [0.1, 0.15) is 0 Å². The Kier molecular flexibility index (Phi) is 6.85. The Hall–Kier alpha value is -4.92. The minimum Gasteiger partial charge on any atom is -0.309 e. The van der Waals surface area contributed by atoms with Crippen molar-refractivity contribution in [2.45, 2.75) is 12.8 Å². The van der Waals surface area contributed by atoms with E-state index in [1.54, 1.807) is 0 Å². The topological polar surface area (TPSA) is 4.93 Å². The number of halogens is 1. The predicted octanol–water partition coefficient (Wildman–Crippen LogP) is 12.3. The zero-order chi connectivity index (χ0) is 29.5. The van der Waals surface area contributed by atoms with E-state index in [9.17, 15) is 0 Å². The van der Waals surface area contributed by atoms with Gasteiger partial charge >= 0.3 is 0 Å². The lowest BCUT2D eigenvalue weighted by Crippen LogP contribution is -1.94. The van der Waals surface area contributed by atoms with E-state index in [4.69, 9.17) is 0 Å². The molecule has 0 radical (unpaired) electrons. The van der Waals surface area contributed by atoms with Gasteiger partial charge in [0.15, 0.2) is 0 Å². The molecule has 44 heavy (non-hydrogen) atoms. The first kappa shape index (κ1) is 26.7. The third kappa shape index (κ3) is 4.92. The number of allylic oxidation sites excluding steroid dienone is 4. The van der Waals surface area contributed by atoms with Gasteiger partial charge in [-0.1, -0.05) is 119 Å². The van der Waals surface area contributed by atoms with Gasteiger partial charge in [-0.25, -0.2) is 0 Å². The molecule has 2 heteroatoms. The van der Waals surface area contributed by atoms with Gasteiger partial charge in [-0.15, -0.1) is 0 Å². The first-order valence-electron chi connectivity index (χ1n) is 15.2. The standard InChI is InChI=1S/C42H30BrN/c43-37-25-35(30-13-6-2-7-14-30)24-36(26-37)32-16-10-15-31(23-32)34-19-21-39-40-27-33(29-11-4-1-5-12-29)20-22-41(40)44(42(39)28-34)38-17-8-3-9-18-38/h1-4,6-11,13-28H,5,12H2. The highest BCUT2D eigenvalue weighted by molar-refractivity contribution is 9.10. The van der Waals surface area contributed by atoms with Crippen LogP contribution in [-0.4, -0.2) is 4.57 Å². The van der Waals surface area contributed by atoms with Gasteiger partial charge in [0.05, 0.1) is 11.0 Å². The van der Waals surface area contributed by atoms with Crippen LogP contribution >= 0.6 is 15.9 Å². The molecule has 0 saturated heterocycles. The van der Waals surface area contributed by atoms with Crippen LogP contribution < -0.4 is 0 Å². The smallest absolute Gasteiger partial charge is 0.0547 e. The molecular formula is C42H30BrN. The summed E-state index contributed by atoms with van der Waals surface area (Å²) in [6, 6.07) is 50.8. The molecule has 0 spiro atoms. The molecule has 0 aliphatic heterocycles. The van der Waals surface area contributed by atoms with Crippen molar-refractivity contribution < 1.29 is 0 Å². The number of hydrogen-bond acceptors (Lipinski definition) is 0. The van der Waals surface area contributed by atoms with Crippen molar-refractivity contribution in [1.82, 2.24) is 4.57 Å². The van der Waals surface area contributed by atoms with Crippen molar-refractivity contribution in [1.29, 1.82) is 0 Å². The maximum Gasteiger partial charge on any atom is 0.0547 e. The Morgan fingerprint density at radius 2 is 1.14 bits per heavy atom. The Morgan fingerprint density at radius 1 is 0.477 bits per heavy atom. The molecule has 210 valence electrons. The zero-order valence-corrected chi connectivity index (χ0v) is 25.8. The molecular weight excluding hydrogens is 598 g/mol. The molecule has 6 aromatic carbocycles. The molecule has 1 aromatic heterocycles. The quantitative estimate of drug-likeness (QED) is 0.179. The first-order valence-corrected chi connectivity index (χ1v) is 16.0. The van der Waals surface area contributed by atoms with E-state index in [0.717, 1.165) is 17.3 Å². The number of hydrogen-bond donors (Lipinski definition) is 0. The lowest BCUT2D eigenvalue weighted by molar-refractivity contribution is 1.05. The number of benzene rings is 6. The SMILES string of the molecule is Brc1cc(-c2ccccc2)cc(-c2cccc(-c3ccc4c5cc(C6=CC=CCC6)ccc5n(-c5ccccc5)c4c3)c2)c1. The molecule has 0 saturated carbocycles. The van der Waals surface area contributed by atoms with Crippen LogP contribution in [-0.2, 0) is 0 Å². The summed E-state index contributed by atoms with van der Waals surface area (Å²) >= 11 is 3.77. The van der Waals surface area contributed by atoms with Gasteiger partial charge < -0.3 is 4.57 Å². The van der Waals surface area contributed by atoms with Crippen LogP contribution in [0.25, 0.3) is 66.4 Å². The molecule has 1 aliphatic rings. The number of fused-ring (bicyclic) bond motifs is 3. The molecule has 0 fully saturated rings. The van der Waals surface area contributed by atoms with Crippen molar-refractivity contribution >= 4 is 43.3 Å².